The summed E-state index contributed by atoms with van der Waals surface area (Å²) in [5, 5.41) is 11.7. The number of nitriles is 1. The first-order valence-electron chi connectivity index (χ1n) is 10.1. The van der Waals surface area contributed by atoms with E-state index in [2.05, 4.69) is 11.4 Å². The molecular weight excluding hydrogens is 388 g/mol. The Labute approximate surface area is 182 Å². The van der Waals surface area contributed by atoms with Gasteiger partial charge in [-0.25, -0.2) is 4.79 Å². The molecule has 0 aromatic heterocycles. The Bertz CT molecular complexity index is 1090. The minimum atomic E-state index is -0.771. The molecule has 3 aromatic rings. The van der Waals surface area contributed by atoms with Gasteiger partial charge in [-0.05, 0) is 60.4 Å². The number of amides is 1. The fraction of sp³-hybridized carbons (Fsp3) is 0.192. The van der Waals surface area contributed by atoms with Crippen molar-refractivity contribution >= 4 is 11.9 Å². The molecule has 1 atom stereocenters. The van der Waals surface area contributed by atoms with Crippen molar-refractivity contribution in [1.29, 1.82) is 5.26 Å². The number of rotatable bonds is 6. The van der Waals surface area contributed by atoms with E-state index in [1.165, 1.54) is 0 Å². The molecule has 1 N–H and O–H groups in total. The average Bonchev–Trinajstić information content (AvgIpc) is 2.78. The number of esters is 1. The SMILES string of the molecule is Cc1ccc(C(=O)NC(C(=O)Oc2ccc(-c3ccc(C#N)cc3)cc2)C(C)C)cc1. The van der Waals surface area contributed by atoms with Gasteiger partial charge in [0.05, 0.1) is 11.6 Å². The number of ether oxygens (including phenoxy) is 1. The van der Waals surface area contributed by atoms with Crippen molar-refractivity contribution in [2.75, 3.05) is 0 Å². The molecule has 1 amide bonds. The number of carbonyl (C=O) groups excluding carboxylic acids is 2. The van der Waals surface area contributed by atoms with Crippen LogP contribution in [0.2, 0.25) is 0 Å². The molecule has 0 aliphatic heterocycles. The lowest BCUT2D eigenvalue weighted by Gasteiger charge is -2.21. The maximum Gasteiger partial charge on any atom is 0.334 e. The van der Waals surface area contributed by atoms with Crippen LogP contribution in [0.25, 0.3) is 11.1 Å². The Hall–Kier alpha value is -3.91. The van der Waals surface area contributed by atoms with Crippen LogP contribution in [0.1, 0.15) is 35.3 Å². The number of carbonyl (C=O) groups is 2. The van der Waals surface area contributed by atoms with E-state index in [9.17, 15) is 9.59 Å². The van der Waals surface area contributed by atoms with Crippen molar-refractivity contribution in [2.24, 2.45) is 5.92 Å². The maximum absolute atomic E-state index is 12.7. The molecule has 0 saturated carbocycles. The molecule has 0 aliphatic rings. The van der Waals surface area contributed by atoms with E-state index in [4.69, 9.17) is 10.00 Å². The summed E-state index contributed by atoms with van der Waals surface area (Å²) in [6, 6.07) is 22.9. The van der Waals surface area contributed by atoms with Gasteiger partial charge in [0.25, 0.3) is 5.91 Å². The third-order valence-corrected chi connectivity index (χ3v) is 4.94. The lowest BCUT2D eigenvalue weighted by Crippen LogP contribution is -2.46. The van der Waals surface area contributed by atoms with Crippen molar-refractivity contribution < 1.29 is 14.3 Å². The maximum atomic E-state index is 12.7. The topological polar surface area (TPSA) is 79.2 Å². The van der Waals surface area contributed by atoms with E-state index in [0.717, 1.165) is 16.7 Å². The largest absolute Gasteiger partial charge is 0.425 e. The highest BCUT2D eigenvalue weighted by molar-refractivity contribution is 5.97. The minimum Gasteiger partial charge on any atom is -0.425 e. The Morgan fingerprint density at radius 2 is 1.42 bits per heavy atom. The summed E-state index contributed by atoms with van der Waals surface area (Å²) in [5.41, 5.74) is 4.05. The predicted molar refractivity (Wildman–Crippen MR) is 119 cm³/mol. The Morgan fingerprint density at radius 1 is 0.871 bits per heavy atom. The van der Waals surface area contributed by atoms with Crippen molar-refractivity contribution in [3.8, 4) is 22.9 Å². The third kappa shape index (κ3) is 5.58. The molecule has 3 rings (SSSR count). The van der Waals surface area contributed by atoms with E-state index in [0.29, 0.717) is 16.9 Å². The van der Waals surface area contributed by atoms with Crippen LogP contribution in [0.4, 0.5) is 0 Å². The number of hydrogen-bond acceptors (Lipinski definition) is 4. The molecule has 0 radical (unpaired) electrons. The summed E-state index contributed by atoms with van der Waals surface area (Å²) in [4.78, 5) is 25.3. The van der Waals surface area contributed by atoms with E-state index in [-0.39, 0.29) is 11.8 Å². The van der Waals surface area contributed by atoms with Crippen LogP contribution in [0.5, 0.6) is 5.75 Å². The van der Waals surface area contributed by atoms with E-state index >= 15 is 0 Å². The Balaban J connectivity index is 1.68. The van der Waals surface area contributed by atoms with Gasteiger partial charge in [-0.15, -0.1) is 0 Å². The van der Waals surface area contributed by atoms with Gasteiger partial charge >= 0.3 is 5.97 Å². The number of benzene rings is 3. The van der Waals surface area contributed by atoms with Gasteiger partial charge in [0.2, 0.25) is 0 Å². The van der Waals surface area contributed by atoms with Crippen molar-refractivity contribution in [1.82, 2.24) is 5.32 Å². The average molecular weight is 412 g/mol. The van der Waals surface area contributed by atoms with Crippen LogP contribution in [0.3, 0.4) is 0 Å². The van der Waals surface area contributed by atoms with Crippen LogP contribution in [0, 0.1) is 24.2 Å². The first kappa shape index (κ1) is 21.8. The molecule has 1 unspecified atom stereocenters. The zero-order valence-electron chi connectivity index (χ0n) is 17.8. The molecule has 5 nitrogen and oxygen atoms in total. The van der Waals surface area contributed by atoms with Gasteiger partial charge < -0.3 is 10.1 Å². The van der Waals surface area contributed by atoms with Crippen LogP contribution in [-0.4, -0.2) is 17.9 Å². The zero-order chi connectivity index (χ0) is 22.4. The van der Waals surface area contributed by atoms with Gasteiger partial charge in [0.1, 0.15) is 11.8 Å². The summed E-state index contributed by atoms with van der Waals surface area (Å²) in [6.07, 6.45) is 0. The fourth-order valence-corrected chi connectivity index (χ4v) is 3.06. The number of aryl methyl sites for hydroxylation is 1. The van der Waals surface area contributed by atoms with Crippen molar-refractivity contribution in [3.63, 3.8) is 0 Å². The first-order valence-corrected chi connectivity index (χ1v) is 10.1. The molecule has 31 heavy (non-hydrogen) atoms. The minimum absolute atomic E-state index is 0.139. The van der Waals surface area contributed by atoms with E-state index < -0.39 is 12.0 Å². The smallest absolute Gasteiger partial charge is 0.334 e. The molecule has 0 aliphatic carbocycles. The summed E-state index contributed by atoms with van der Waals surface area (Å²) >= 11 is 0. The second kappa shape index (κ2) is 9.73. The quantitative estimate of drug-likeness (QED) is 0.462. The summed E-state index contributed by atoms with van der Waals surface area (Å²) in [5.74, 6) is -0.564. The van der Waals surface area contributed by atoms with Crippen LogP contribution < -0.4 is 10.1 Å². The van der Waals surface area contributed by atoms with Gasteiger partial charge in [-0.1, -0.05) is 55.8 Å². The molecule has 0 bridgehead atoms. The summed E-state index contributed by atoms with van der Waals surface area (Å²) < 4.78 is 5.52. The molecule has 3 aromatic carbocycles. The van der Waals surface area contributed by atoms with E-state index in [1.807, 2.05) is 57.2 Å². The number of hydrogen-bond donors (Lipinski definition) is 1. The second-order valence-corrected chi connectivity index (χ2v) is 7.70. The molecule has 0 saturated heterocycles. The Morgan fingerprint density at radius 3 is 1.94 bits per heavy atom. The Kier molecular flexibility index (Phi) is 6.84. The molecule has 0 fully saturated rings. The molecule has 156 valence electrons. The lowest BCUT2D eigenvalue weighted by molar-refractivity contribution is -0.137. The van der Waals surface area contributed by atoms with Crippen LogP contribution in [-0.2, 0) is 4.79 Å². The zero-order valence-corrected chi connectivity index (χ0v) is 17.8. The highest BCUT2D eigenvalue weighted by atomic mass is 16.5. The van der Waals surface area contributed by atoms with Gasteiger partial charge in [-0.2, -0.15) is 5.26 Å². The normalized spacial score (nSPS) is 11.5. The van der Waals surface area contributed by atoms with Gasteiger partial charge in [-0.3, -0.25) is 4.79 Å². The second-order valence-electron chi connectivity index (χ2n) is 7.70. The summed E-state index contributed by atoms with van der Waals surface area (Å²) in [7, 11) is 0. The van der Waals surface area contributed by atoms with Gasteiger partial charge in [0.15, 0.2) is 0 Å². The van der Waals surface area contributed by atoms with Gasteiger partial charge in [0, 0.05) is 5.56 Å². The van der Waals surface area contributed by atoms with E-state index in [1.54, 1.807) is 36.4 Å². The molecule has 0 heterocycles. The molecular formula is C26H24N2O3. The number of nitrogens with zero attached hydrogens (tertiary/aromatic N) is 1. The molecule has 5 heteroatoms. The standard InChI is InChI=1S/C26H24N2O3/c1-17(2)24(28-25(29)22-8-4-18(3)5-9-22)26(30)31-23-14-12-21(13-15-23)20-10-6-19(16-27)7-11-20/h4-15,17,24H,1-3H3,(H,28,29). The summed E-state index contributed by atoms with van der Waals surface area (Å²) in [6.45, 7) is 5.66. The molecule has 0 spiro atoms. The predicted octanol–water partition coefficient (Wildman–Crippen LogP) is 4.89. The first-order chi connectivity index (χ1) is 14.9. The highest BCUT2D eigenvalue weighted by Crippen LogP contribution is 2.23. The van der Waals surface area contributed by atoms with Crippen molar-refractivity contribution in [3.05, 3.63) is 89.5 Å². The monoisotopic (exact) mass is 412 g/mol. The highest BCUT2D eigenvalue weighted by Gasteiger charge is 2.26. The lowest BCUT2D eigenvalue weighted by atomic mass is 10.0. The van der Waals surface area contributed by atoms with Crippen molar-refractivity contribution in [2.45, 2.75) is 26.8 Å². The number of nitrogens with one attached hydrogen (secondary N) is 1. The third-order valence-electron chi connectivity index (χ3n) is 4.94. The van der Waals surface area contributed by atoms with Crippen LogP contribution >= 0.6 is 0 Å². The van der Waals surface area contributed by atoms with Crippen LogP contribution in [0.15, 0.2) is 72.8 Å². The fourth-order valence-electron chi connectivity index (χ4n) is 3.06.